The maximum Gasteiger partial charge on any atom is 0.407 e. The fraction of sp³-hybridized carbons (Fsp3) is 0.833. The summed E-state index contributed by atoms with van der Waals surface area (Å²) in [7, 11) is 0. The van der Waals surface area contributed by atoms with Crippen molar-refractivity contribution in [3.8, 4) is 0 Å². The molecule has 1 aliphatic heterocycles. The van der Waals surface area contributed by atoms with E-state index < -0.39 is 6.09 Å². The highest BCUT2D eigenvalue weighted by atomic mass is 16.4. The number of hydrogen-bond acceptors (Lipinski definition) is 4. The van der Waals surface area contributed by atoms with Crippen LogP contribution in [0.5, 0.6) is 0 Å². The van der Waals surface area contributed by atoms with E-state index in [0.717, 1.165) is 44.9 Å². The predicted octanol–water partition coefficient (Wildman–Crippen LogP) is 5.34. The van der Waals surface area contributed by atoms with E-state index in [1.54, 1.807) is 4.90 Å². The Hall–Kier alpha value is -1.69. The van der Waals surface area contributed by atoms with E-state index in [9.17, 15) is 24.6 Å². The Morgan fingerprint density at radius 3 is 2.44 bits per heavy atom. The van der Waals surface area contributed by atoms with Crippen LogP contribution in [-0.2, 0) is 9.59 Å². The van der Waals surface area contributed by atoms with E-state index in [1.165, 1.54) is 5.57 Å². The smallest absolute Gasteiger partial charge is 0.407 e. The maximum absolute atomic E-state index is 13.9. The molecule has 6 unspecified atom stereocenters. The van der Waals surface area contributed by atoms with Gasteiger partial charge in [0.05, 0.1) is 6.61 Å². The second kappa shape index (κ2) is 8.68. The molecule has 0 radical (unpaired) electrons. The second-order valence-corrected chi connectivity index (χ2v) is 14.3. The third-order valence-corrected chi connectivity index (χ3v) is 11.6. The van der Waals surface area contributed by atoms with Crippen molar-refractivity contribution < 1.29 is 24.6 Å². The van der Waals surface area contributed by atoms with Crippen LogP contribution in [0.15, 0.2) is 11.6 Å². The van der Waals surface area contributed by atoms with Gasteiger partial charge in [0, 0.05) is 42.2 Å². The lowest BCUT2D eigenvalue weighted by Gasteiger charge is -2.61. The van der Waals surface area contributed by atoms with Gasteiger partial charge in [0.1, 0.15) is 11.6 Å². The normalized spacial score (nSPS) is 45.7. The van der Waals surface area contributed by atoms with Crippen molar-refractivity contribution in [3.63, 3.8) is 0 Å². The molecular weight excluding hydrogens is 454 g/mol. The lowest BCUT2D eigenvalue weighted by Crippen LogP contribution is -2.63. The highest BCUT2D eigenvalue weighted by Gasteiger charge is 2.64. The molecule has 1 heterocycles. The molecule has 6 heteroatoms. The number of carboxylic acid groups (broad SMARTS) is 1. The van der Waals surface area contributed by atoms with Crippen molar-refractivity contribution in [1.82, 2.24) is 4.90 Å². The number of fused-ring (bicyclic) bond motifs is 5. The first-order chi connectivity index (χ1) is 16.8. The minimum atomic E-state index is -0.833. The summed E-state index contributed by atoms with van der Waals surface area (Å²) in [5, 5.41) is 20.0. The Morgan fingerprint density at radius 2 is 1.81 bits per heavy atom. The number of amides is 1. The van der Waals surface area contributed by atoms with Crippen LogP contribution in [0.3, 0.4) is 0 Å². The van der Waals surface area contributed by atoms with Gasteiger partial charge in [0.25, 0.3) is 0 Å². The maximum atomic E-state index is 13.9. The van der Waals surface area contributed by atoms with Gasteiger partial charge < -0.3 is 15.1 Å². The first-order valence-electron chi connectivity index (χ1n) is 14.2. The van der Waals surface area contributed by atoms with E-state index in [4.69, 9.17) is 0 Å². The molecule has 0 aromatic heterocycles. The minimum Gasteiger partial charge on any atom is -0.465 e. The van der Waals surface area contributed by atoms with Crippen LogP contribution in [0, 0.1) is 51.8 Å². The topological polar surface area (TPSA) is 94.9 Å². The number of rotatable bonds is 3. The number of aliphatic hydroxyl groups is 1. The Morgan fingerprint density at radius 1 is 1.08 bits per heavy atom. The molecule has 4 saturated carbocycles. The molecule has 36 heavy (non-hydrogen) atoms. The van der Waals surface area contributed by atoms with E-state index in [0.29, 0.717) is 30.6 Å². The zero-order valence-corrected chi connectivity index (χ0v) is 22.8. The number of Topliss-reactive ketones (excluding diaryl/α,β-unsaturated/α-hetero) is 2. The Bertz CT molecular complexity index is 980. The van der Waals surface area contributed by atoms with E-state index >= 15 is 0 Å². The summed E-state index contributed by atoms with van der Waals surface area (Å²) in [5.41, 5.74) is 0.936. The summed E-state index contributed by atoms with van der Waals surface area (Å²) in [6.45, 7) is 11.3. The standard InChI is InChI=1S/C30H45NO5/c1-28(2,3)26-18(15-31(26)27(35)36)7-6-17-10-12-29(4)21-11-13-30(5)20(8-9-23(30)33)24(21)25(34)19(16-32)22(29)14-17/h6,18-22,24,26,32H,7-16H2,1-5H3,(H,35,36)/b17-6+/t18?,19-,20?,21?,22?,24?,26?,29-,30+/m1/s1. The van der Waals surface area contributed by atoms with Crippen molar-refractivity contribution in [3.05, 3.63) is 11.6 Å². The van der Waals surface area contributed by atoms with Crippen molar-refractivity contribution in [2.45, 2.75) is 92.0 Å². The molecular formula is C30H45NO5. The molecule has 5 fully saturated rings. The van der Waals surface area contributed by atoms with Crippen LogP contribution >= 0.6 is 0 Å². The lowest BCUT2D eigenvalue weighted by atomic mass is 9.42. The molecule has 6 nitrogen and oxygen atoms in total. The van der Waals surface area contributed by atoms with Gasteiger partial charge in [0.15, 0.2) is 0 Å². The number of aliphatic hydroxyl groups excluding tert-OH is 1. The fourth-order valence-corrected chi connectivity index (χ4v) is 9.67. The first kappa shape index (κ1) is 25.9. The summed E-state index contributed by atoms with van der Waals surface area (Å²) in [6, 6.07) is 0.0218. The molecule has 200 valence electrons. The third kappa shape index (κ3) is 3.72. The van der Waals surface area contributed by atoms with Crippen LogP contribution in [0.25, 0.3) is 0 Å². The number of carbonyl (C=O) groups is 3. The number of likely N-dealkylation sites (tertiary alicyclic amines) is 1. The molecule has 1 amide bonds. The molecule has 2 N–H and O–H groups in total. The summed E-state index contributed by atoms with van der Waals surface area (Å²) < 4.78 is 0. The lowest BCUT2D eigenvalue weighted by molar-refractivity contribution is -0.167. The SMILES string of the molecule is CC(C)(C)C1C(C/C=C2\CC[C@]3(C)C4CC[C@]5(C)C(=O)CCC5C4C(=O)[C@H](CO)C3C2)CN1C(=O)O. The number of nitrogens with zero attached hydrogens (tertiary/aromatic N) is 1. The molecule has 0 spiro atoms. The van der Waals surface area contributed by atoms with E-state index in [-0.39, 0.29) is 58.3 Å². The molecule has 5 rings (SSSR count). The van der Waals surface area contributed by atoms with Crippen LogP contribution in [0.4, 0.5) is 4.79 Å². The molecule has 0 aromatic rings. The predicted molar refractivity (Wildman–Crippen MR) is 137 cm³/mol. The number of carbonyl (C=O) groups excluding carboxylic acids is 2. The summed E-state index contributed by atoms with van der Waals surface area (Å²) >= 11 is 0. The van der Waals surface area contributed by atoms with Crippen molar-refractivity contribution in [2.75, 3.05) is 13.2 Å². The van der Waals surface area contributed by atoms with Crippen LogP contribution in [-0.4, -0.2) is 52.0 Å². The highest BCUT2D eigenvalue weighted by Crippen LogP contribution is 2.66. The molecule has 5 aliphatic rings. The van der Waals surface area contributed by atoms with Crippen molar-refractivity contribution in [1.29, 1.82) is 0 Å². The average molecular weight is 500 g/mol. The van der Waals surface area contributed by atoms with E-state index in [1.807, 2.05) is 0 Å². The second-order valence-electron chi connectivity index (χ2n) is 14.3. The highest BCUT2D eigenvalue weighted by molar-refractivity contribution is 5.91. The minimum absolute atomic E-state index is 0.0147. The van der Waals surface area contributed by atoms with Crippen LogP contribution in [0.1, 0.15) is 86.0 Å². The van der Waals surface area contributed by atoms with Crippen LogP contribution in [0.2, 0.25) is 0 Å². The summed E-state index contributed by atoms with van der Waals surface area (Å²) in [5.74, 6) is 1.06. The van der Waals surface area contributed by atoms with Gasteiger partial charge in [-0.1, -0.05) is 46.3 Å². The van der Waals surface area contributed by atoms with Gasteiger partial charge in [-0.05, 0) is 73.5 Å². The average Bonchev–Trinajstić information content (AvgIpc) is 3.07. The first-order valence-corrected chi connectivity index (χ1v) is 14.2. The van der Waals surface area contributed by atoms with Gasteiger partial charge in [-0.25, -0.2) is 4.79 Å². The van der Waals surface area contributed by atoms with Crippen molar-refractivity contribution >= 4 is 17.7 Å². The summed E-state index contributed by atoms with van der Waals surface area (Å²) in [4.78, 5) is 39.9. The number of hydrogen-bond donors (Lipinski definition) is 2. The largest absolute Gasteiger partial charge is 0.465 e. The summed E-state index contributed by atoms with van der Waals surface area (Å²) in [6.07, 6.45) is 8.54. The molecule has 4 aliphatic carbocycles. The monoisotopic (exact) mass is 499 g/mol. The Kier molecular flexibility index (Phi) is 6.25. The molecule has 0 aromatic carbocycles. The fourth-order valence-electron chi connectivity index (χ4n) is 9.67. The zero-order chi connectivity index (χ0) is 26.2. The Labute approximate surface area is 215 Å². The zero-order valence-electron chi connectivity index (χ0n) is 22.8. The quantitative estimate of drug-likeness (QED) is 0.511. The van der Waals surface area contributed by atoms with E-state index in [2.05, 4.69) is 40.7 Å². The number of allylic oxidation sites excluding steroid dienone is 2. The van der Waals surface area contributed by atoms with Gasteiger partial charge in [-0.15, -0.1) is 0 Å². The van der Waals surface area contributed by atoms with Gasteiger partial charge in [-0.2, -0.15) is 0 Å². The van der Waals surface area contributed by atoms with Gasteiger partial charge >= 0.3 is 6.09 Å². The van der Waals surface area contributed by atoms with Gasteiger partial charge in [-0.3, -0.25) is 9.59 Å². The van der Waals surface area contributed by atoms with Crippen molar-refractivity contribution in [2.24, 2.45) is 51.8 Å². The molecule has 0 bridgehead atoms. The van der Waals surface area contributed by atoms with Crippen LogP contribution < -0.4 is 0 Å². The molecule has 1 saturated heterocycles. The Balaban J connectivity index is 1.35. The third-order valence-electron chi connectivity index (χ3n) is 11.6. The molecule has 9 atom stereocenters. The van der Waals surface area contributed by atoms with Gasteiger partial charge in [0.2, 0.25) is 0 Å². The number of ketones is 2.